The molecule has 2 nitrogen and oxygen atoms in total. The minimum Gasteiger partial charge on any atom is -0.308 e. The zero-order valence-electron chi connectivity index (χ0n) is 11.4. The molecule has 3 rings (SSSR count). The van der Waals surface area contributed by atoms with Crippen molar-refractivity contribution >= 4 is 15.9 Å². The van der Waals surface area contributed by atoms with Crippen LogP contribution in [0.1, 0.15) is 17.2 Å². The zero-order valence-corrected chi connectivity index (χ0v) is 13.0. The van der Waals surface area contributed by atoms with Gasteiger partial charge in [0.25, 0.3) is 0 Å². The summed E-state index contributed by atoms with van der Waals surface area (Å²) >= 11 is 3.56. The standard InChI is InChI=1S/C17H19BrN2/c18-16-8-4-7-15(11-16)17-13-20(10-9-19-17)12-14-5-2-1-3-6-14/h1-8,11,17,19H,9-10,12-13H2. The molecule has 1 aliphatic rings. The lowest BCUT2D eigenvalue weighted by Crippen LogP contribution is -2.45. The minimum atomic E-state index is 0.421. The third-order valence-corrected chi connectivity index (χ3v) is 4.25. The Morgan fingerprint density at radius 1 is 1.10 bits per heavy atom. The molecule has 3 heteroatoms. The molecule has 0 spiro atoms. The first-order valence-corrected chi connectivity index (χ1v) is 7.86. The summed E-state index contributed by atoms with van der Waals surface area (Å²) in [5.41, 5.74) is 2.75. The van der Waals surface area contributed by atoms with Crippen LogP contribution in [0, 0.1) is 0 Å². The van der Waals surface area contributed by atoms with E-state index in [1.54, 1.807) is 0 Å². The van der Waals surface area contributed by atoms with Crippen molar-refractivity contribution in [1.82, 2.24) is 10.2 Å². The molecular weight excluding hydrogens is 312 g/mol. The van der Waals surface area contributed by atoms with Crippen molar-refractivity contribution in [3.05, 3.63) is 70.2 Å². The molecule has 2 aromatic carbocycles. The number of benzene rings is 2. The van der Waals surface area contributed by atoms with Crippen LogP contribution in [0.25, 0.3) is 0 Å². The average Bonchev–Trinajstić information content (AvgIpc) is 2.49. The molecule has 20 heavy (non-hydrogen) atoms. The first-order valence-electron chi connectivity index (χ1n) is 7.06. The second kappa shape index (κ2) is 6.53. The van der Waals surface area contributed by atoms with Gasteiger partial charge in [0, 0.05) is 36.7 Å². The fourth-order valence-electron chi connectivity index (χ4n) is 2.74. The van der Waals surface area contributed by atoms with Gasteiger partial charge in [-0.2, -0.15) is 0 Å². The van der Waals surface area contributed by atoms with E-state index >= 15 is 0 Å². The highest BCUT2D eigenvalue weighted by molar-refractivity contribution is 9.10. The number of hydrogen-bond donors (Lipinski definition) is 1. The van der Waals surface area contributed by atoms with Crippen molar-refractivity contribution in [3.63, 3.8) is 0 Å². The maximum absolute atomic E-state index is 3.62. The quantitative estimate of drug-likeness (QED) is 0.925. The van der Waals surface area contributed by atoms with Crippen LogP contribution >= 0.6 is 15.9 Å². The minimum absolute atomic E-state index is 0.421. The monoisotopic (exact) mass is 330 g/mol. The van der Waals surface area contributed by atoms with E-state index in [4.69, 9.17) is 0 Å². The van der Waals surface area contributed by atoms with Crippen LogP contribution in [-0.4, -0.2) is 24.5 Å². The van der Waals surface area contributed by atoms with Crippen molar-refractivity contribution in [2.75, 3.05) is 19.6 Å². The Bertz CT molecular complexity index is 556. The van der Waals surface area contributed by atoms with Gasteiger partial charge >= 0.3 is 0 Å². The van der Waals surface area contributed by atoms with Gasteiger partial charge in [0.15, 0.2) is 0 Å². The molecule has 1 saturated heterocycles. The second-order valence-corrected chi connectivity index (χ2v) is 6.20. The zero-order chi connectivity index (χ0) is 13.8. The normalized spacial score (nSPS) is 19.9. The van der Waals surface area contributed by atoms with Crippen molar-refractivity contribution in [2.24, 2.45) is 0 Å². The summed E-state index contributed by atoms with van der Waals surface area (Å²) < 4.78 is 1.15. The first kappa shape index (κ1) is 13.8. The van der Waals surface area contributed by atoms with E-state index in [-0.39, 0.29) is 0 Å². The number of rotatable bonds is 3. The van der Waals surface area contributed by atoms with Crippen molar-refractivity contribution in [2.45, 2.75) is 12.6 Å². The number of nitrogens with zero attached hydrogens (tertiary/aromatic N) is 1. The van der Waals surface area contributed by atoms with E-state index in [9.17, 15) is 0 Å². The van der Waals surface area contributed by atoms with Crippen LogP contribution in [-0.2, 0) is 6.54 Å². The van der Waals surface area contributed by atoms with Crippen molar-refractivity contribution in [3.8, 4) is 0 Å². The molecule has 1 unspecified atom stereocenters. The number of hydrogen-bond acceptors (Lipinski definition) is 2. The molecule has 104 valence electrons. The molecule has 1 fully saturated rings. The predicted molar refractivity (Wildman–Crippen MR) is 86.6 cm³/mol. The lowest BCUT2D eigenvalue weighted by atomic mass is 10.0. The summed E-state index contributed by atoms with van der Waals surface area (Å²) in [7, 11) is 0. The molecule has 0 saturated carbocycles. The van der Waals surface area contributed by atoms with Gasteiger partial charge in [-0.3, -0.25) is 4.90 Å². The average molecular weight is 331 g/mol. The van der Waals surface area contributed by atoms with E-state index in [1.165, 1.54) is 11.1 Å². The fourth-order valence-corrected chi connectivity index (χ4v) is 3.16. The highest BCUT2D eigenvalue weighted by Gasteiger charge is 2.20. The maximum atomic E-state index is 3.62. The molecule has 0 aliphatic carbocycles. The van der Waals surface area contributed by atoms with Crippen molar-refractivity contribution < 1.29 is 0 Å². The Kier molecular flexibility index (Phi) is 4.51. The van der Waals surface area contributed by atoms with Gasteiger partial charge in [-0.05, 0) is 23.3 Å². The molecular formula is C17H19BrN2. The van der Waals surface area contributed by atoms with E-state index in [1.807, 2.05) is 0 Å². The second-order valence-electron chi connectivity index (χ2n) is 5.28. The van der Waals surface area contributed by atoms with E-state index in [2.05, 4.69) is 80.7 Å². The Balaban J connectivity index is 1.67. The van der Waals surface area contributed by atoms with Gasteiger partial charge in [0.05, 0.1) is 0 Å². The Labute approximate surface area is 128 Å². The molecule has 0 amide bonds. The lowest BCUT2D eigenvalue weighted by Gasteiger charge is -2.34. The fraction of sp³-hybridized carbons (Fsp3) is 0.294. The third kappa shape index (κ3) is 3.48. The lowest BCUT2D eigenvalue weighted by molar-refractivity contribution is 0.193. The molecule has 1 aliphatic heterocycles. The predicted octanol–water partition coefficient (Wildman–Crippen LogP) is 3.60. The van der Waals surface area contributed by atoms with Gasteiger partial charge in [0.1, 0.15) is 0 Å². The first-order chi connectivity index (χ1) is 9.81. The molecule has 2 aromatic rings. The maximum Gasteiger partial charge on any atom is 0.0450 e. The van der Waals surface area contributed by atoms with Crippen LogP contribution in [0.2, 0.25) is 0 Å². The van der Waals surface area contributed by atoms with Crippen LogP contribution < -0.4 is 5.32 Å². The van der Waals surface area contributed by atoms with Gasteiger partial charge in [-0.25, -0.2) is 0 Å². The van der Waals surface area contributed by atoms with Gasteiger partial charge in [-0.15, -0.1) is 0 Å². The third-order valence-electron chi connectivity index (χ3n) is 3.76. The molecule has 0 aromatic heterocycles. The SMILES string of the molecule is Brc1cccc(C2CN(Cc3ccccc3)CCN2)c1. The van der Waals surface area contributed by atoms with Gasteiger partial charge < -0.3 is 5.32 Å². The number of piperazine rings is 1. The van der Waals surface area contributed by atoms with Gasteiger partial charge in [0.2, 0.25) is 0 Å². The van der Waals surface area contributed by atoms with Crippen LogP contribution in [0.3, 0.4) is 0 Å². The molecule has 0 bridgehead atoms. The topological polar surface area (TPSA) is 15.3 Å². The molecule has 0 radical (unpaired) electrons. The Morgan fingerprint density at radius 3 is 2.75 bits per heavy atom. The van der Waals surface area contributed by atoms with Crippen LogP contribution in [0.4, 0.5) is 0 Å². The largest absolute Gasteiger partial charge is 0.308 e. The summed E-state index contributed by atoms with van der Waals surface area (Å²) in [6.07, 6.45) is 0. The van der Waals surface area contributed by atoms with Crippen LogP contribution in [0.15, 0.2) is 59.1 Å². The summed E-state index contributed by atoms with van der Waals surface area (Å²) in [6, 6.07) is 19.7. The summed E-state index contributed by atoms with van der Waals surface area (Å²) in [5.74, 6) is 0. The summed E-state index contributed by atoms with van der Waals surface area (Å²) in [6.45, 7) is 4.25. The van der Waals surface area contributed by atoms with E-state index < -0.39 is 0 Å². The van der Waals surface area contributed by atoms with E-state index in [0.717, 1.165) is 30.7 Å². The molecule has 1 atom stereocenters. The number of nitrogens with one attached hydrogen (secondary N) is 1. The van der Waals surface area contributed by atoms with Crippen LogP contribution in [0.5, 0.6) is 0 Å². The van der Waals surface area contributed by atoms with Crippen molar-refractivity contribution in [1.29, 1.82) is 0 Å². The molecule has 1 heterocycles. The van der Waals surface area contributed by atoms with Gasteiger partial charge in [-0.1, -0.05) is 58.4 Å². The Hall–Kier alpha value is -1.16. The summed E-state index contributed by atoms with van der Waals surface area (Å²) in [4.78, 5) is 2.53. The van der Waals surface area contributed by atoms with E-state index in [0.29, 0.717) is 6.04 Å². The highest BCUT2D eigenvalue weighted by atomic mass is 79.9. The number of halogens is 1. The smallest absolute Gasteiger partial charge is 0.0450 e. The Morgan fingerprint density at radius 2 is 1.95 bits per heavy atom. The molecule has 1 N–H and O–H groups in total. The summed E-state index contributed by atoms with van der Waals surface area (Å²) in [5, 5.41) is 3.62. The highest BCUT2D eigenvalue weighted by Crippen LogP contribution is 2.21.